The zero-order valence-electron chi connectivity index (χ0n) is 14.7. The van der Waals surface area contributed by atoms with Gasteiger partial charge in [0.15, 0.2) is 0 Å². The first-order chi connectivity index (χ1) is 11.6. The highest BCUT2D eigenvalue weighted by atomic mass is 127. The van der Waals surface area contributed by atoms with Crippen LogP contribution in [0.2, 0.25) is 0 Å². The third-order valence-corrected chi connectivity index (χ3v) is 8.45. The maximum Gasteiger partial charge on any atom is 0.126 e. The Morgan fingerprint density at radius 2 is 1.84 bits per heavy atom. The number of nitrogens with zero attached hydrogens (tertiary/aromatic N) is 1. The van der Waals surface area contributed by atoms with Crippen LogP contribution in [0.25, 0.3) is 0 Å². The Balaban J connectivity index is 0.00000182. The SMILES string of the molecule is CC1(C)C(CC(C#N)(c2cccs2)c2cccs2)CC2CCC1N2.I. The molecule has 2 aliphatic rings. The molecule has 4 heterocycles. The lowest BCUT2D eigenvalue weighted by Gasteiger charge is -2.47. The maximum atomic E-state index is 10.3. The number of fused-ring (bicyclic) bond motifs is 2. The minimum Gasteiger partial charge on any atom is -0.311 e. The van der Waals surface area contributed by atoms with Crippen LogP contribution in [0.5, 0.6) is 0 Å². The van der Waals surface area contributed by atoms with E-state index in [2.05, 4.69) is 60.3 Å². The van der Waals surface area contributed by atoms with Gasteiger partial charge < -0.3 is 5.32 Å². The van der Waals surface area contributed by atoms with Gasteiger partial charge in [-0.25, -0.2) is 0 Å². The molecule has 134 valence electrons. The van der Waals surface area contributed by atoms with Gasteiger partial charge in [0.25, 0.3) is 0 Å². The Morgan fingerprint density at radius 1 is 1.20 bits per heavy atom. The molecule has 4 rings (SSSR count). The molecule has 2 aliphatic heterocycles. The summed E-state index contributed by atoms with van der Waals surface area (Å²) in [4.78, 5) is 2.41. The van der Waals surface area contributed by atoms with Gasteiger partial charge in [-0.1, -0.05) is 26.0 Å². The van der Waals surface area contributed by atoms with Gasteiger partial charge in [-0.05, 0) is 59.9 Å². The zero-order valence-corrected chi connectivity index (χ0v) is 18.7. The molecule has 2 bridgehead atoms. The first kappa shape index (κ1) is 19.3. The van der Waals surface area contributed by atoms with Crippen molar-refractivity contribution in [3.05, 3.63) is 44.8 Å². The van der Waals surface area contributed by atoms with E-state index in [-0.39, 0.29) is 29.4 Å². The standard InChI is InChI=1S/C20H24N2S2.HI/c1-19(2)14(11-15-7-8-16(19)22-15)12-20(13-21,17-5-3-9-23-17)18-6-4-10-24-18;/h3-6,9-10,14-16,22H,7-8,11-12H2,1-2H3;1H. The highest BCUT2D eigenvalue weighted by Crippen LogP contribution is 2.52. The highest BCUT2D eigenvalue weighted by molar-refractivity contribution is 14.0. The molecule has 25 heavy (non-hydrogen) atoms. The molecule has 1 N–H and O–H groups in total. The van der Waals surface area contributed by atoms with Crippen LogP contribution in [-0.2, 0) is 5.41 Å². The molecule has 0 aromatic carbocycles. The smallest absolute Gasteiger partial charge is 0.126 e. The van der Waals surface area contributed by atoms with E-state index in [1.807, 2.05) is 0 Å². The molecule has 2 aromatic rings. The second-order valence-corrected chi connectivity index (χ2v) is 9.82. The molecular weight excluding hydrogens is 459 g/mol. The molecule has 0 saturated carbocycles. The second kappa shape index (κ2) is 7.30. The van der Waals surface area contributed by atoms with Crippen LogP contribution in [0.15, 0.2) is 35.0 Å². The van der Waals surface area contributed by atoms with Crippen LogP contribution in [0.1, 0.15) is 49.3 Å². The van der Waals surface area contributed by atoms with Crippen LogP contribution in [0.4, 0.5) is 0 Å². The van der Waals surface area contributed by atoms with Gasteiger partial charge in [0.05, 0.1) is 6.07 Å². The lowest BCUT2D eigenvalue weighted by Crippen LogP contribution is -2.52. The lowest BCUT2D eigenvalue weighted by atomic mass is 9.63. The average Bonchev–Trinajstić information content (AvgIpc) is 3.32. The molecule has 0 aliphatic carbocycles. The van der Waals surface area contributed by atoms with Gasteiger partial charge in [-0.2, -0.15) is 5.26 Å². The first-order valence-corrected chi connectivity index (χ1v) is 10.6. The number of rotatable bonds is 4. The number of nitrogens with one attached hydrogen (secondary N) is 1. The largest absolute Gasteiger partial charge is 0.311 e. The van der Waals surface area contributed by atoms with Crippen LogP contribution >= 0.6 is 46.7 Å². The minimum absolute atomic E-state index is 0. The Bertz CT molecular complexity index is 696. The van der Waals surface area contributed by atoms with Crippen LogP contribution < -0.4 is 5.32 Å². The summed E-state index contributed by atoms with van der Waals surface area (Å²) in [6.45, 7) is 4.81. The number of hydrogen-bond donors (Lipinski definition) is 1. The number of thiophene rings is 2. The predicted octanol–water partition coefficient (Wildman–Crippen LogP) is 5.79. The van der Waals surface area contributed by atoms with E-state index in [0.717, 1.165) is 6.42 Å². The van der Waals surface area contributed by atoms with Crippen LogP contribution in [-0.4, -0.2) is 12.1 Å². The summed E-state index contributed by atoms with van der Waals surface area (Å²) < 4.78 is 0. The second-order valence-electron chi connectivity index (χ2n) is 7.92. The Morgan fingerprint density at radius 3 is 2.36 bits per heavy atom. The van der Waals surface area contributed by atoms with Crippen molar-refractivity contribution in [2.24, 2.45) is 11.3 Å². The van der Waals surface area contributed by atoms with Crippen LogP contribution in [0, 0.1) is 22.7 Å². The van der Waals surface area contributed by atoms with E-state index in [1.165, 1.54) is 29.0 Å². The normalized spacial score (nSPS) is 27.5. The molecule has 0 spiro atoms. The Kier molecular flexibility index (Phi) is 5.65. The minimum atomic E-state index is -0.485. The fourth-order valence-corrected chi connectivity index (χ4v) is 6.63. The van der Waals surface area contributed by atoms with E-state index in [9.17, 15) is 5.26 Å². The summed E-state index contributed by atoms with van der Waals surface area (Å²) in [6, 6.07) is 12.5. The van der Waals surface area contributed by atoms with E-state index < -0.39 is 5.41 Å². The number of nitriles is 1. The van der Waals surface area contributed by atoms with Gasteiger partial charge in [0.1, 0.15) is 5.41 Å². The van der Waals surface area contributed by atoms with E-state index in [1.54, 1.807) is 22.7 Å². The van der Waals surface area contributed by atoms with Gasteiger partial charge in [0, 0.05) is 21.8 Å². The van der Waals surface area contributed by atoms with Crippen molar-refractivity contribution in [3.8, 4) is 6.07 Å². The van der Waals surface area contributed by atoms with Crippen molar-refractivity contribution < 1.29 is 0 Å². The first-order valence-electron chi connectivity index (χ1n) is 8.81. The van der Waals surface area contributed by atoms with Gasteiger partial charge in [-0.15, -0.1) is 46.7 Å². The molecule has 5 heteroatoms. The molecule has 2 fully saturated rings. The fourth-order valence-electron chi connectivity index (χ4n) is 4.76. The average molecular weight is 484 g/mol. The van der Waals surface area contributed by atoms with Crippen LogP contribution in [0.3, 0.4) is 0 Å². The molecule has 2 saturated heterocycles. The van der Waals surface area contributed by atoms with E-state index in [4.69, 9.17) is 0 Å². The van der Waals surface area contributed by atoms with Gasteiger partial charge >= 0.3 is 0 Å². The van der Waals surface area contributed by atoms with Crippen molar-refractivity contribution in [1.82, 2.24) is 5.32 Å². The van der Waals surface area contributed by atoms with E-state index in [0.29, 0.717) is 18.0 Å². The third kappa shape index (κ3) is 3.20. The third-order valence-electron chi connectivity index (χ3n) is 6.39. The van der Waals surface area contributed by atoms with Gasteiger partial charge in [-0.3, -0.25) is 0 Å². The lowest BCUT2D eigenvalue weighted by molar-refractivity contribution is 0.0848. The van der Waals surface area contributed by atoms with Crippen molar-refractivity contribution >= 4 is 46.7 Å². The number of piperidine rings is 1. The summed E-state index contributed by atoms with van der Waals surface area (Å²) in [5.41, 5.74) is -0.245. The zero-order chi connectivity index (χ0) is 16.8. The fraction of sp³-hybridized carbons (Fsp3) is 0.550. The highest BCUT2D eigenvalue weighted by Gasteiger charge is 2.50. The summed E-state index contributed by atoms with van der Waals surface area (Å²) in [6.07, 6.45) is 4.71. The molecule has 2 aromatic heterocycles. The van der Waals surface area contributed by atoms with Crippen molar-refractivity contribution in [2.75, 3.05) is 0 Å². The molecule has 2 nitrogen and oxygen atoms in total. The predicted molar refractivity (Wildman–Crippen MR) is 117 cm³/mol. The van der Waals surface area contributed by atoms with Crippen molar-refractivity contribution in [3.63, 3.8) is 0 Å². The van der Waals surface area contributed by atoms with Gasteiger partial charge in [0.2, 0.25) is 0 Å². The maximum absolute atomic E-state index is 10.3. The summed E-state index contributed by atoms with van der Waals surface area (Å²) >= 11 is 3.45. The molecule has 3 unspecified atom stereocenters. The Hall–Kier alpha value is -0.420. The number of halogens is 1. The molecular formula is C20H25IN2S2. The quantitative estimate of drug-likeness (QED) is 0.558. The topological polar surface area (TPSA) is 35.8 Å². The Labute approximate surface area is 175 Å². The molecule has 0 radical (unpaired) electrons. The summed E-state index contributed by atoms with van der Waals surface area (Å²) in [5, 5.41) is 18.3. The van der Waals surface area contributed by atoms with Crippen molar-refractivity contribution in [1.29, 1.82) is 5.26 Å². The number of hydrogen-bond acceptors (Lipinski definition) is 4. The summed E-state index contributed by atoms with van der Waals surface area (Å²) in [7, 11) is 0. The molecule has 3 atom stereocenters. The van der Waals surface area contributed by atoms with E-state index >= 15 is 0 Å². The monoisotopic (exact) mass is 484 g/mol. The van der Waals surface area contributed by atoms with Crippen molar-refractivity contribution in [2.45, 2.75) is 57.0 Å². The summed E-state index contributed by atoms with van der Waals surface area (Å²) in [5.74, 6) is 0.570. The molecule has 0 amide bonds.